The molecule has 5 nitrogen and oxygen atoms in total. The molecule has 0 spiro atoms. The molecular weight excluding hydrogens is 769 g/mol. The van der Waals surface area contributed by atoms with Gasteiger partial charge in [-0.3, -0.25) is 4.79 Å². The van der Waals surface area contributed by atoms with Crippen molar-refractivity contribution in [1.82, 2.24) is 9.66 Å². The molecule has 0 aliphatic heterocycles. The Morgan fingerprint density at radius 3 is 2.35 bits per heavy atom. The number of benzene rings is 4. The van der Waals surface area contributed by atoms with E-state index in [1.165, 1.54) is 18.3 Å². The van der Waals surface area contributed by atoms with Gasteiger partial charge in [0.2, 0.25) is 0 Å². The van der Waals surface area contributed by atoms with Crippen molar-refractivity contribution in [3.8, 4) is 17.1 Å². The minimum absolute atomic E-state index is 0.00152. The van der Waals surface area contributed by atoms with Crippen LogP contribution in [0.1, 0.15) is 16.7 Å². The van der Waals surface area contributed by atoms with Gasteiger partial charge in [0, 0.05) is 10.6 Å². The highest BCUT2D eigenvalue weighted by Gasteiger charge is 2.31. The predicted octanol–water partition coefficient (Wildman–Crippen LogP) is 8.41. The van der Waals surface area contributed by atoms with Crippen LogP contribution in [0.2, 0.25) is 5.02 Å². The van der Waals surface area contributed by atoms with E-state index in [4.69, 9.17) is 16.3 Å². The minimum atomic E-state index is -4.55. The van der Waals surface area contributed by atoms with Gasteiger partial charge in [-0.05, 0) is 105 Å². The van der Waals surface area contributed by atoms with Crippen molar-refractivity contribution in [1.29, 1.82) is 0 Å². The summed E-state index contributed by atoms with van der Waals surface area (Å²) >= 11 is 10.3. The van der Waals surface area contributed by atoms with E-state index < -0.39 is 17.3 Å². The van der Waals surface area contributed by atoms with Crippen LogP contribution in [-0.2, 0) is 12.8 Å². The maximum absolute atomic E-state index is 13.4. The van der Waals surface area contributed by atoms with Gasteiger partial charge in [0.1, 0.15) is 12.4 Å². The van der Waals surface area contributed by atoms with Gasteiger partial charge in [-0.2, -0.15) is 22.9 Å². The highest BCUT2D eigenvalue weighted by atomic mass is 127. The van der Waals surface area contributed by atoms with E-state index in [1.807, 2.05) is 24.3 Å². The summed E-state index contributed by atoms with van der Waals surface area (Å²) in [6, 6.07) is 22.4. The molecule has 11 heteroatoms. The number of para-hydroxylation sites is 1. The Hall–Kier alpha value is -2.97. The van der Waals surface area contributed by atoms with Crippen molar-refractivity contribution in [2.75, 3.05) is 0 Å². The van der Waals surface area contributed by atoms with Gasteiger partial charge in [0.25, 0.3) is 5.56 Å². The summed E-state index contributed by atoms with van der Waals surface area (Å²) in [5.41, 5.74) is 0.764. The molecule has 5 aromatic rings. The molecule has 0 radical (unpaired) electrons. The Balaban J connectivity index is 1.52. The van der Waals surface area contributed by atoms with Gasteiger partial charge < -0.3 is 4.74 Å². The molecule has 1 heterocycles. The van der Waals surface area contributed by atoms with Crippen LogP contribution in [0, 0.1) is 7.14 Å². The van der Waals surface area contributed by atoms with Crippen LogP contribution in [-0.4, -0.2) is 15.9 Å². The lowest BCUT2D eigenvalue weighted by Gasteiger charge is -2.13. The third-order valence-electron chi connectivity index (χ3n) is 5.84. The second-order valence-corrected chi connectivity index (χ2v) is 11.4. The maximum Gasteiger partial charge on any atom is 0.416 e. The third kappa shape index (κ3) is 6.33. The smallest absolute Gasteiger partial charge is 0.416 e. The van der Waals surface area contributed by atoms with Crippen LogP contribution in [0.4, 0.5) is 13.2 Å². The highest BCUT2D eigenvalue weighted by Crippen LogP contribution is 2.32. The van der Waals surface area contributed by atoms with Crippen LogP contribution in [0.5, 0.6) is 5.75 Å². The monoisotopic (exact) mass is 785 g/mol. The number of fused-ring (bicyclic) bond motifs is 1. The Kier molecular flexibility index (Phi) is 8.47. The zero-order chi connectivity index (χ0) is 28.4. The zero-order valence-electron chi connectivity index (χ0n) is 20.3. The molecule has 202 valence electrons. The molecule has 0 saturated heterocycles. The SMILES string of the molecule is O=c1c2ccccc2nc(-c2cccc(C(F)(F)F)c2)n1N=Cc1cc(I)c(OCc2ccc(Cl)cc2)c(I)c1. The fourth-order valence-corrected chi connectivity index (χ4v) is 6.16. The van der Waals surface area contributed by atoms with E-state index in [1.54, 1.807) is 36.4 Å². The fourth-order valence-electron chi connectivity index (χ4n) is 3.90. The first kappa shape index (κ1) is 28.6. The van der Waals surface area contributed by atoms with Gasteiger partial charge >= 0.3 is 6.18 Å². The van der Waals surface area contributed by atoms with Crippen LogP contribution >= 0.6 is 56.8 Å². The lowest BCUT2D eigenvalue weighted by molar-refractivity contribution is -0.137. The number of hydrogen-bond acceptors (Lipinski definition) is 4. The van der Waals surface area contributed by atoms with Crippen molar-refractivity contribution in [3.05, 3.63) is 124 Å². The summed E-state index contributed by atoms with van der Waals surface area (Å²) in [7, 11) is 0. The second kappa shape index (κ2) is 11.9. The van der Waals surface area contributed by atoms with Crippen LogP contribution < -0.4 is 10.3 Å². The number of halogens is 6. The molecule has 1 aromatic heterocycles. The molecule has 40 heavy (non-hydrogen) atoms. The number of nitrogens with zero attached hydrogens (tertiary/aromatic N) is 3. The normalized spacial score (nSPS) is 11.8. The summed E-state index contributed by atoms with van der Waals surface area (Å²) in [4.78, 5) is 17.9. The van der Waals surface area contributed by atoms with Gasteiger partial charge in [-0.1, -0.05) is 48.0 Å². The standard InChI is InChI=1S/C29H17ClF3I2N3O2/c30-21-10-8-17(9-11-21)16-40-26-23(34)12-18(13-24(26)35)15-36-38-27(19-4-3-5-20(14-19)29(31,32)33)37-25-7-2-1-6-22(25)28(38)39/h1-15H,16H2. The van der Waals surface area contributed by atoms with Crippen molar-refractivity contribution in [2.24, 2.45) is 5.10 Å². The maximum atomic E-state index is 13.4. The molecule has 0 aliphatic carbocycles. The first-order chi connectivity index (χ1) is 19.1. The van der Waals surface area contributed by atoms with E-state index in [9.17, 15) is 18.0 Å². The molecule has 0 unspecified atom stereocenters. The lowest BCUT2D eigenvalue weighted by Crippen LogP contribution is -2.20. The second-order valence-electron chi connectivity index (χ2n) is 8.62. The Morgan fingerprint density at radius 1 is 0.950 bits per heavy atom. The number of aromatic nitrogens is 2. The number of rotatable bonds is 6. The first-order valence-corrected chi connectivity index (χ1v) is 14.2. The average Bonchev–Trinajstić information content (AvgIpc) is 2.92. The molecule has 0 atom stereocenters. The Morgan fingerprint density at radius 2 is 1.65 bits per heavy atom. The largest absolute Gasteiger partial charge is 0.487 e. The average molecular weight is 786 g/mol. The van der Waals surface area contributed by atoms with E-state index >= 15 is 0 Å². The molecule has 0 fully saturated rings. The van der Waals surface area contributed by atoms with Crippen molar-refractivity contribution < 1.29 is 17.9 Å². The quantitative estimate of drug-likeness (QED) is 0.128. The Labute approximate surface area is 258 Å². The van der Waals surface area contributed by atoms with Gasteiger partial charge in [-0.15, -0.1) is 0 Å². The molecule has 4 aromatic carbocycles. The third-order valence-corrected chi connectivity index (χ3v) is 7.70. The summed E-state index contributed by atoms with van der Waals surface area (Å²) in [5, 5.41) is 5.33. The van der Waals surface area contributed by atoms with Crippen molar-refractivity contribution >= 4 is 73.9 Å². The topological polar surface area (TPSA) is 56.5 Å². The number of alkyl halides is 3. The minimum Gasteiger partial charge on any atom is -0.487 e. The first-order valence-electron chi connectivity index (χ1n) is 11.7. The van der Waals surface area contributed by atoms with Crippen molar-refractivity contribution in [2.45, 2.75) is 12.8 Å². The van der Waals surface area contributed by atoms with E-state index in [0.29, 0.717) is 33.8 Å². The lowest BCUT2D eigenvalue weighted by atomic mass is 10.1. The van der Waals surface area contributed by atoms with Crippen LogP contribution in [0.15, 0.2) is 94.8 Å². The number of ether oxygens (including phenoxy) is 1. The fraction of sp³-hybridized carbons (Fsp3) is 0.0690. The van der Waals surface area contributed by atoms with Crippen LogP contribution in [0.3, 0.4) is 0 Å². The summed E-state index contributed by atoms with van der Waals surface area (Å²) in [6.07, 6.45) is -3.08. The zero-order valence-corrected chi connectivity index (χ0v) is 25.4. The molecule has 0 saturated carbocycles. The van der Waals surface area contributed by atoms with E-state index in [0.717, 1.165) is 29.5 Å². The van der Waals surface area contributed by atoms with Gasteiger partial charge in [0.05, 0.1) is 29.8 Å². The molecule has 0 amide bonds. The predicted molar refractivity (Wildman–Crippen MR) is 167 cm³/mol. The molecule has 0 bridgehead atoms. The summed E-state index contributed by atoms with van der Waals surface area (Å²) in [5.74, 6) is 0.695. The summed E-state index contributed by atoms with van der Waals surface area (Å²) in [6.45, 7) is 0.356. The molecule has 5 rings (SSSR count). The highest BCUT2D eigenvalue weighted by molar-refractivity contribution is 14.1. The van der Waals surface area contributed by atoms with Crippen molar-refractivity contribution in [3.63, 3.8) is 0 Å². The molecule has 0 N–H and O–H groups in total. The molecule has 0 aliphatic rings. The van der Waals surface area contributed by atoms with Crippen LogP contribution in [0.25, 0.3) is 22.3 Å². The molecular formula is C29H17ClF3I2N3O2. The van der Waals surface area contributed by atoms with E-state index in [-0.39, 0.29) is 11.4 Å². The van der Waals surface area contributed by atoms with E-state index in [2.05, 4.69) is 55.3 Å². The Bertz CT molecular complexity index is 1780. The van der Waals surface area contributed by atoms with Gasteiger partial charge in [0.15, 0.2) is 5.82 Å². The summed E-state index contributed by atoms with van der Waals surface area (Å²) < 4.78 is 49.0. The number of hydrogen-bond donors (Lipinski definition) is 0. The van der Waals surface area contributed by atoms with Gasteiger partial charge in [-0.25, -0.2) is 4.98 Å².